The lowest BCUT2D eigenvalue weighted by molar-refractivity contribution is -0.142. The molecule has 2 atom stereocenters. The van der Waals surface area contributed by atoms with Gasteiger partial charge in [0.2, 0.25) is 0 Å². The Morgan fingerprint density at radius 1 is 1.27 bits per heavy atom. The van der Waals surface area contributed by atoms with Crippen molar-refractivity contribution >= 4 is 5.97 Å². The van der Waals surface area contributed by atoms with Crippen molar-refractivity contribution in [2.45, 2.75) is 38.8 Å². The monoisotopic (exact) mass is 317 g/mol. The van der Waals surface area contributed by atoms with Gasteiger partial charge < -0.3 is 10.8 Å². The minimum absolute atomic E-state index is 0.103. The normalized spacial score (nSPS) is 14.6. The lowest BCUT2D eigenvalue weighted by atomic mass is 9.88. The van der Waals surface area contributed by atoms with E-state index in [-0.39, 0.29) is 12.5 Å². The third-order valence-corrected chi connectivity index (χ3v) is 3.95. The van der Waals surface area contributed by atoms with Gasteiger partial charge in [-0.3, -0.25) is 4.79 Å². The predicted octanol–water partition coefficient (Wildman–Crippen LogP) is 3.71. The molecule has 0 amide bonds. The number of carboxylic acids is 1. The van der Waals surface area contributed by atoms with Crippen LogP contribution >= 0.6 is 0 Å². The van der Waals surface area contributed by atoms with Gasteiger partial charge in [0.1, 0.15) is 0 Å². The van der Waals surface area contributed by atoms with Gasteiger partial charge in [0.25, 0.3) is 0 Å². The van der Waals surface area contributed by atoms with Gasteiger partial charge in [-0.05, 0) is 42.9 Å². The second-order valence-electron chi connectivity index (χ2n) is 5.51. The third kappa shape index (κ3) is 5.67. The molecular formula is C16H22F3NO2. The summed E-state index contributed by atoms with van der Waals surface area (Å²) < 4.78 is 37.4. The van der Waals surface area contributed by atoms with Crippen LogP contribution in [-0.2, 0) is 17.4 Å². The SMILES string of the molecule is CCC(CCc1ccc(C(F)(F)F)cc1)CC(CN)C(=O)O. The van der Waals surface area contributed by atoms with Gasteiger partial charge in [0.15, 0.2) is 0 Å². The number of hydrogen-bond acceptors (Lipinski definition) is 2. The largest absolute Gasteiger partial charge is 0.481 e. The van der Waals surface area contributed by atoms with Crippen molar-refractivity contribution in [2.24, 2.45) is 17.6 Å². The zero-order chi connectivity index (χ0) is 16.8. The molecular weight excluding hydrogens is 295 g/mol. The molecule has 2 unspecified atom stereocenters. The summed E-state index contributed by atoms with van der Waals surface area (Å²) in [6.45, 7) is 2.08. The molecule has 0 aliphatic carbocycles. The van der Waals surface area contributed by atoms with Crippen molar-refractivity contribution in [1.82, 2.24) is 0 Å². The molecule has 0 aliphatic rings. The number of hydrogen-bond donors (Lipinski definition) is 2. The minimum Gasteiger partial charge on any atom is -0.481 e. The molecule has 0 saturated carbocycles. The highest BCUT2D eigenvalue weighted by Gasteiger charge is 2.29. The molecule has 0 aliphatic heterocycles. The van der Waals surface area contributed by atoms with Crippen LogP contribution in [-0.4, -0.2) is 17.6 Å². The zero-order valence-corrected chi connectivity index (χ0v) is 12.6. The Morgan fingerprint density at radius 3 is 2.27 bits per heavy atom. The van der Waals surface area contributed by atoms with Crippen LogP contribution < -0.4 is 5.73 Å². The average Bonchev–Trinajstić information content (AvgIpc) is 2.46. The first-order valence-electron chi connectivity index (χ1n) is 7.36. The fourth-order valence-corrected chi connectivity index (χ4v) is 2.42. The Bertz CT molecular complexity index is 471. The van der Waals surface area contributed by atoms with Crippen molar-refractivity contribution in [3.63, 3.8) is 0 Å². The van der Waals surface area contributed by atoms with E-state index in [2.05, 4.69) is 0 Å². The number of rotatable bonds is 8. The van der Waals surface area contributed by atoms with Crippen LogP contribution in [0.25, 0.3) is 0 Å². The summed E-state index contributed by atoms with van der Waals surface area (Å²) >= 11 is 0. The van der Waals surface area contributed by atoms with Crippen LogP contribution in [0.4, 0.5) is 13.2 Å². The quantitative estimate of drug-likeness (QED) is 0.768. The van der Waals surface area contributed by atoms with Crippen LogP contribution in [0.15, 0.2) is 24.3 Å². The summed E-state index contributed by atoms with van der Waals surface area (Å²) in [6.07, 6.45) is -1.62. The second kappa shape index (κ2) is 8.17. The molecule has 0 bridgehead atoms. The van der Waals surface area contributed by atoms with E-state index in [9.17, 15) is 18.0 Å². The first kappa shape index (κ1) is 18.5. The number of nitrogens with two attached hydrogens (primary N) is 1. The molecule has 6 heteroatoms. The maximum atomic E-state index is 12.5. The zero-order valence-electron chi connectivity index (χ0n) is 12.6. The van der Waals surface area contributed by atoms with Crippen molar-refractivity contribution in [3.8, 4) is 0 Å². The Kier molecular flexibility index (Phi) is 6.87. The Labute approximate surface area is 128 Å². The van der Waals surface area contributed by atoms with Crippen molar-refractivity contribution in [3.05, 3.63) is 35.4 Å². The topological polar surface area (TPSA) is 63.3 Å². The van der Waals surface area contributed by atoms with Gasteiger partial charge in [-0.15, -0.1) is 0 Å². The van der Waals surface area contributed by atoms with E-state index in [4.69, 9.17) is 10.8 Å². The van der Waals surface area contributed by atoms with Crippen molar-refractivity contribution in [2.75, 3.05) is 6.54 Å². The van der Waals surface area contributed by atoms with Gasteiger partial charge in [0, 0.05) is 6.54 Å². The number of benzene rings is 1. The summed E-state index contributed by atoms with van der Waals surface area (Å²) in [6, 6.07) is 5.12. The van der Waals surface area contributed by atoms with Crippen LogP contribution in [0.1, 0.15) is 37.3 Å². The van der Waals surface area contributed by atoms with Crippen LogP contribution in [0, 0.1) is 11.8 Å². The number of alkyl halides is 3. The maximum absolute atomic E-state index is 12.5. The number of halogens is 3. The maximum Gasteiger partial charge on any atom is 0.416 e. The summed E-state index contributed by atoms with van der Waals surface area (Å²) in [4.78, 5) is 11.0. The van der Waals surface area contributed by atoms with Crippen LogP contribution in [0.3, 0.4) is 0 Å². The van der Waals surface area contributed by atoms with Gasteiger partial charge in [-0.25, -0.2) is 0 Å². The van der Waals surface area contributed by atoms with E-state index in [0.29, 0.717) is 12.8 Å². The minimum atomic E-state index is -4.32. The standard InChI is InChI=1S/C16H22F3NO2/c1-2-11(9-13(10-20)15(21)22)3-4-12-5-7-14(8-6-12)16(17,18)19/h5-8,11,13H,2-4,9-10,20H2,1H3,(H,21,22). The molecule has 0 saturated heterocycles. The number of carboxylic acid groups (broad SMARTS) is 1. The molecule has 3 nitrogen and oxygen atoms in total. The lowest BCUT2D eigenvalue weighted by Gasteiger charge is -2.19. The molecule has 3 N–H and O–H groups in total. The fraction of sp³-hybridized carbons (Fsp3) is 0.562. The second-order valence-corrected chi connectivity index (χ2v) is 5.51. The average molecular weight is 317 g/mol. The van der Waals surface area contributed by atoms with E-state index in [1.807, 2.05) is 6.92 Å². The third-order valence-electron chi connectivity index (χ3n) is 3.95. The summed E-state index contributed by atoms with van der Waals surface area (Å²) in [5.74, 6) is -1.25. The number of aryl methyl sites for hydroxylation is 1. The van der Waals surface area contributed by atoms with Gasteiger partial charge in [-0.1, -0.05) is 25.5 Å². The highest BCUT2D eigenvalue weighted by molar-refractivity contribution is 5.70. The Hall–Kier alpha value is -1.56. The molecule has 124 valence electrons. The Balaban J connectivity index is 2.58. The van der Waals surface area contributed by atoms with E-state index in [1.165, 1.54) is 12.1 Å². The molecule has 1 aromatic carbocycles. The number of carbonyl (C=O) groups is 1. The summed E-state index contributed by atoms with van der Waals surface area (Å²) in [5, 5.41) is 9.02. The smallest absolute Gasteiger partial charge is 0.416 e. The number of aliphatic carboxylic acids is 1. The Morgan fingerprint density at radius 2 is 1.86 bits per heavy atom. The molecule has 22 heavy (non-hydrogen) atoms. The highest BCUT2D eigenvalue weighted by Crippen LogP contribution is 2.29. The van der Waals surface area contributed by atoms with Gasteiger partial charge >= 0.3 is 12.1 Å². The molecule has 0 radical (unpaired) electrons. The van der Waals surface area contributed by atoms with Crippen LogP contribution in [0.5, 0.6) is 0 Å². The first-order chi connectivity index (χ1) is 10.3. The summed E-state index contributed by atoms with van der Waals surface area (Å²) in [7, 11) is 0. The molecule has 0 spiro atoms. The highest BCUT2D eigenvalue weighted by atomic mass is 19.4. The van der Waals surface area contributed by atoms with E-state index in [0.717, 1.165) is 30.5 Å². The van der Waals surface area contributed by atoms with Crippen LogP contribution in [0.2, 0.25) is 0 Å². The van der Waals surface area contributed by atoms with Crippen molar-refractivity contribution in [1.29, 1.82) is 0 Å². The molecule has 0 heterocycles. The van der Waals surface area contributed by atoms with Crippen molar-refractivity contribution < 1.29 is 23.1 Å². The molecule has 0 fully saturated rings. The fourth-order valence-electron chi connectivity index (χ4n) is 2.42. The predicted molar refractivity (Wildman–Crippen MR) is 78.3 cm³/mol. The van der Waals surface area contributed by atoms with Gasteiger partial charge in [-0.2, -0.15) is 13.2 Å². The molecule has 0 aromatic heterocycles. The summed E-state index contributed by atoms with van der Waals surface area (Å²) in [5.41, 5.74) is 5.62. The van der Waals surface area contributed by atoms with Gasteiger partial charge in [0.05, 0.1) is 11.5 Å². The van der Waals surface area contributed by atoms with E-state index in [1.54, 1.807) is 0 Å². The lowest BCUT2D eigenvalue weighted by Crippen LogP contribution is -2.26. The van der Waals surface area contributed by atoms with E-state index >= 15 is 0 Å². The molecule has 1 aromatic rings. The first-order valence-corrected chi connectivity index (χ1v) is 7.36. The van der Waals surface area contributed by atoms with E-state index < -0.39 is 23.6 Å². The molecule has 1 rings (SSSR count).